The number of methoxy groups -OCH3 is 1. The van der Waals surface area contributed by atoms with Crippen molar-refractivity contribution in [3.8, 4) is 0 Å². The van der Waals surface area contributed by atoms with Crippen molar-refractivity contribution in [2.24, 2.45) is 7.05 Å². The molecule has 0 spiro atoms. The second kappa shape index (κ2) is 4.99. The van der Waals surface area contributed by atoms with Gasteiger partial charge in [0.2, 0.25) is 0 Å². The van der Waals surface area contributed by atoms with Crippen LogP contribution in [0.2, 0.25) is 0 Å². The van der Waals surface area contributed by atoms with Gasteiger partial charge in [0.15, 0.2) is 0 Å². The molecule has 0 fully saturated rings. The van der Waals surface area contributed by atoms with Gasteiger partial charge in [0.1, 0.15) is 0 Å². The molecule has 13 heavy (non-hydrogen) atoms. The number of nitrogens with one attached hydrogen (secondary N) is 1. The van der Waals surface area contributed by atoms with Crippen molar-refractivity contribution >= 4 is 0 Å². The van der Waals surface area contributed by atoms with E-state index >= 15 is 0 Å². The summed E-state index contributed by atoms with van der Waals surface area (Å²) in [5.74, 6) is 0. The van der Waals surface area contributed by atoms with Crippen LogP contribution in [0.5, 0.6) is 0 Å². The molecule has 1 unspecified atom stereocenters. The van der Waals surface area contributed by atoms with E-state index in [4.69, 9.17) is 4.74 Å². The van der Waals surface area contributed by atoms with Crippen LogP contribution in [0.3, 0.4) is 0 Å². The molecule has 1 rings (SSSR count). The van der Waals surface area contributed by atoms with Crippen LogP contribution < -0.4 is 5.32 Å². The molecule has 4 heteroatoms. The molecule has 0 saturated heterocycles. The number of aryl methyl sites for hydroxylation is 1. The summed E-state index contributed by atoms with van der Waals surface area (Å²) in [5.41, 5.74) is 1.18. The van der Waals surface area contributed by atoms with Crippen molar-refractivity contribution in [3.63, 3.8) is 0 Å². The molecule has 1 aromatic rings. The summed E-state index contributed by atoms with van der Waals surface area (Å²) < 4.78 is 6.98. The van der Waals surface area contributed by atoms with Crippen LogP contribution in [0.1, 0.15) is 12.6 Å². The Hall–Kier alpha value is -0.870. The van der Waals surface area contributed by atoms with E-state index < -0.39 is 0 Å². The van der Waals surface area contributed by atoms with Crippen LogP contribution in [0.25, 0.3) is 0 Å². The van der Waals surface area contributed by atoms with Gasteiger partial charge in [0, 0.05) is 33.4 Å². The summed E-state index contributed by atoms with van der Waals surface area (Å²) >= 11 is 0. The third-order valence-electron chi connectivity index (χ3n) is 2.06. The molecule has 0 saturated carbocycles. The average molecular weight is 183 g/mol. The maximum absolute atomic E-state index is 5.11. The maximum atomic E-state index is 5.11. The Bertz CT molecular complexity index is 247. The zero-order valence-corrected chi connectivity index (χ0v) is 8.45. The number of aromatic nitrogens is 2. The Labute approximate surface area is 78.9 Å². The molecule has 0 radical (unpaired) electrons. The summed E-state index contributed by atoms with van der Waals surface area (Å²) in [4.78, 5) is 0. The van der Waals surface area contributed by atoms with Crippen LogP contribution >= 0.6 is 0 Å². The smallest absolute Gasteiger partial charge is 0.0667 e. The van der Waals surface area contributed by atoms with E-state index in [9.17, 15) is 0 Å². The minimum absolute atomic E-state index is 0.258. The fraction of sp³-hybridized carbons (Fsp3) is 0.667. The first-order valence-electron chi connectivity index (χ1n) is 4.44. The molecule has 0 aliphatic rings. The molecular formula is C9H17N3O. The second-order valence-corrected chi connectivity index (χ2v) is 3.12. The molecule has 1 heterocycles. The van der Waals surface area contributed by atoms with E-state index in [0.717, 1.165) is 13.1 Å². The van der Waals surface area contributed by atoms with Gasteiger partial charge in [-0.15, -0.1) is 0 Å². The lowest BCUT2D eigenvalue weighted by Crippen LogP contribution is -2.26. The predicted molar refractivity (Wildman–Crippen MR) is 51.4 cm³/mol. The average Bonchev–Trinajstić information content (AvgIpc) is 2.52. The van der Waals surface area contributed by atoms with Gasteiger partial charge in [0.05, 0.1) is 11.8 Å². The highest BCUT2D eigenvalue weighted by molar-refractivity contribution is 4.99. The molecule has 0 aliphatic heterocycles. The van der Waals surface area contributed by atoms with Gasteiger partial charge in [-0.25, -0.2) is 0 Å². The summed E-state index contributed by atoms with van der Waals surface area (Å²) in [6.45, 7) is 3.74. The Morgan fingerprint density at radius 2 is 2.46 bits per heavy atom. The number of hydrogen-bond donors (Lipinski definition) is 1. The second-order valence-electron chi connectivity index (χ2n) is 3.12. The van der Waals surface area contributed by atoms with Crippen molar-refractivity contribution in [3.05, 3.63) is 18.0 Å². The van der Waals surface area contributed by atoms with Crippen LogP contribution in [0, 0.1) is 0 Å². The van der Waals surface area contributed by atoms with Crippen LogP contribution in [-0.2, 0) is 18.3 Å². The summed E-state index contributed by atoms with van der Waals surface area (Å²) in [6.07, 6.45) is 2.06. The summed E-state index contributed by atoms with van der Waals surface area (Å²) in [7, 11) is 3.66. The fourth-order valence-corrected chi connectivity index (χ4v) is 1.06. The largest absolute Gasteiger partial charge is 0.380 e. The highest BCUT2D eigenvalue weighted by Gasteiger charge is 2.00. The zero-order chi connectivity index (χ0) is 9.68. The van der Waals surface area contributed by atoms with E-state index in [2.05, 4.69) is 10.4 Å². The quantitative estimate of drug-likeness (QED) is 0.724. The minimum Gasteiger partial charge on any atom is -0.380 e. The Morgan fingerprint density at radius 1 is 1.69 bits per heavy atom. The van der Waals surface area contributed by atoms with Gasteiger partial charge in [0.25, 0.3) is 0 Å². The normalized spacial score (nSPS) is 13.2. The van der Waals surface area contributed by atoms with E-state index in [0.29, 0.717) is 0 Å². The zero-order valence-electron chi connectivity index (χ0n) is 8.45. The first-order chi connectivity index (χ1) is 6.24. The van der Waals surface area contributed by atoms with Crippen LogP contribution in [0.15, 0.2) is 12.3 Å². The van der Waals surface area contributed by atoms with Gasteiger partial charge >= 0.3 is 0 Å². The third kappa shape index (κ3) is 3.16. The third-order valence-corrected chi connectivity index (χ3v) is 2.06. The van der Waals surface area contributed by atoms with Gasteiger partial charge in [-0.1, -0.05) is 0 Å². The lowest BCUT2D eigenvalue weighted by molar-refractivity contribution is 0.117. The monoisotopic (exact) mass is 183 g/mol. The number of nitrogens with zero attached hydrogens (tertiary/aromatic N) is 2. The molecule has 1 N–H and O–H groups in total. The molecular weight excluding hydrogens is 166 g/mol. The number of hydrogen-bond acceptors (Lipinski definition) is 3. The summed E-state index contributed by atoms with van der Waals surface area (Å²) in [6, 6.07) is 2.00. The topological polar surface area (TPSA) is 39.1 Å². The molecule has 74 valence electrons. The van der Waals surface area contributed by atoms with Gasteiger partial charge in [-0.05, 0) is 13.0 Å². The maximum Gasteiger partial charge on any atom is 0.0667 e. The van der Waals surface area contributed by atoms with Crippen molar-refractivity contribution in [1.29, 1.82) is 0 Å². The lowest BCUT2D eigenvalue weighted by atomic mass is 10.3. The first kappa shape index (κ1) is 10.2. The van der Waals surface area contributed by atoms with Crippen molar-refractivity contribution in [2.75, 3.05) is 13.7 Å². The van der Waals surface area contributed by atoms with Gasteiger partial charge < -0.3 is 10.1 Å². The van der Waals surface area contributed by atoms with Crippen molar-refractivity contribution in [2.45, 2.75) is 19.6 Å². The first-order valence-corrected chi connectivity index (χ1v) is 4.44. The minimum atomic E-state index is 0.258. The highest BCUT2D eigenvalue weighted by atomic mass is 16.5. The number of rotatable bonds is 5. The van der Waals surface area contributed by atoms with E-state index in [-0.39, 0.29) is 6.10 Å². The predicted octanol–water partition coefficient (Wildman–Crippen LogP) is 0.545. The SMILES string of the molecule is COC(C)CNCc1ccnn1C. The van der Waals surface area contributed by atoms with Crippen LogP contribution in [-0.4, -0.2) is 29.5 Å². The molecule has 0 aromatic carbocycles. The Kier molecular flexibility index (Phi) is 3.92. The molecule has 1 atom stereocenters. The molecule has 0 bridgehead atoms. The van der Waals surface area contributed by atoms with E-state index in [1.165, 1.54) is 5.69 Å². The molecule has 0 amide bonds. The summed E-state index contributed by atoms with van der Waals surface area (Å²) in [5, 5.41) is 7.37. The Morgan fingerprint density at radius 3 is 3.00 bits per heavy atom. The van der Waals surface area contributed by atoms with Crippen LogP contribution in [0.4, 0.5) is 0 Å². The lowest BCUT2D eigenvalue weighted by Gasteiger charge is -2.10. The van der Waals surface area contributed by atoms with Crippen molar-refractivity contribution in [1.82, 2.24) is 15.1 Å². The van der Waals surface area contributed by atoms with Gasteiger partial charge in [-0.2, -0.15) is 5.10 Å². The van der Waals surface area contributed by atoms with E-state index in [1.54, 1.807) is 13.3 Å². The van der Waals surface area contributed by atoms with Crippen molar-refractivity contribution < 1.29 is 4.74 Å². The molecule has 4 nitrogen and oxygen atoms in total. The standard InChI is InChI=1S/C9H17N3O/c1-8(13-3)6-10-7-9-4-5-11-12(9)2/h4-5,8,10H,6-7H2,1-3H3. The van der Waals surface area contributed by atoms with E-state index in [1.807, 2.05) is 24.7 Å². The number of ether oxygens (including phenoxy) is 1. The molecule has 1 aromatic heterocycles. The highest BCUT2D eigenvalue weighted by Crippen LogP contribution is 1.95. The Balaban J connectivity index is 2.24. The fourth-order valence-electron chi connectivity index (χ4n) is 1.06. The van der Waals surface area contributed by atoms with Gasteiger partial charge in [-0.3, -0.25) is 4.68 Å². The molecule has 0 aliphatic carbocycles.